The van der Waals surface area contributed by atoms with Crippen LogP contribution in [-0.4, -0.2) is 5.91 Å². The van der Waals surface area contributed by atoms with Gasteiger partial charge in [0.2, 0.25) is 5.91 Å². The highest BCUT2D eigenvalue weighted by atomic mass is 35.5. The number of hydrogen-bond acceptors (Lipinski definition) is 3. The van der Waals surface area contributed by atoms with Crippen LogP contribution < -0.4 is 16.0 Å². The van der Waals surface area contributed by atoms with Crippen LogP contribution in [0.1, 0.15) is 16.7 Å². The fourth-order valence-electron chi connectivity index (χ4n) is 1.96. The van der Waals surface area contributed by atoms with Crippen molar-refractivity contribution in [2.24, 2.45) is 5.84 Å². The first kappa shape index (κ1) is 15.4. The van der Waals surface area contributed by atoms with Crippen LogP contribution in [0.3, 0.4) is 0 Å². The molecule has 4 nitrogen and oxygen atoms in total. The van der Waals surface area contributed by atoms with Gasteiger partial charge in [0.05, 0.1) is 6.42 Å². The minimum absolute atomic E-state index is 0.232. The molecule has 0 saturated heterocycles. The zero-order valence-electron chi connectivity index (χ0n) is 11.7. The third-order valence-electron chi connectivity index (χ3n) is 3.15. The Morgan fingerprint density at radius 2 is 1.95 bits per heavy atom. The van der Waals surface area contributed by atoms with Gasteiger partial charge in [-0.25, -0.2) is 5.84 Å². The molecule has 0 heterocycles. The fraction of sp³-hybridized carbons (Fsp3) is 0.188. The number of carbonyl (C=O) groups is 1. The number of amides is 1. The minimum Gasteiger partial charge on any atom is -0.489 e. The summed E-state index contributed by atoms with van der Waals surface area (Å²) >= 11 is 5.98. The Balaban J connectivity index is 2.09. The number of hydrogen-bond donors (Lipinski definition) is 2. The Hall–Kier alpha value is -2.04. The number of hydrazine groups is 1. The summed E-state index contributed by atoms with van der Waals surface area (Å²) in [5, 5.41) is 0.711. The zero-order chi connectivity index (χ0) is 15.2. The summed E-state index contributed by atoms with van der Waals surface area (Å²) in [6.07, 6.45) is 0.232. The van der Waals surface area contributed by atoms with Crippen LogP contribution in [0.2, 0.25) is 5.02 Å². The first-order chi connectivity index (χ1) is 10.1. The highest BCUT2D eigenvalue weighted by Crippen LogP contribution is 2.22. The van der Waals surface area contributed by atoms with E-state index in [0.29, 0.717) is 11.6 Å². The van der Waals surface area contributed by atoms with Crippen LogP contribution in [0.5, 0.6) is 5.75 Å². The third kappa shape index (κ3) is 4.21. The maximum atomic E-state index is 11.4. The van der Waals surface area contributed by atoms with Gasteiger partial charge >= 0.3 is 0 Å². The van der Waals surface area contributed by atoms with Gasteiger partial charge in [-0.05, 0) is 41.8 Å². The van der Waals surface area contributed by atoms with Gasteiger partial charge in [0.1, 0.15) is 12.4 Å². The molecular weight excluding hydrogens is 288 g/mol. The monoisotopic (exact) mass is 304 g/mol. The van der Waals surface area contributed by atoms with E-state index >= 15 is 0 Å². The van der Waals surface area contributed by atoms with E-state index in [4.69, 9.17) is 22.2 Å². The molecule has 0 aliphatic carbocycles. The van der Waals surface area contributed by atoms with Crippen molar-refractivity contribution in [3.63, 3.8) is 0 Å². The molecule has 0 radical (unpaired) electrons. The molecule has 5 heteroatoms. The summed E-state index contributed by atoms with van der Waals surface area (Å²) in [7, 11) is 0. The lowest BCUT2D eigenvalue weighted by Crippen LogP contribution is -2.31. The highest BCUT2D eigenvalue weighted by Gasteiger charge is 2.07. The second kappa shape index (κ2) is 7.11. The van der Waals surface area contributed by atoms with Crippen molar-refractivity contribution in [2.75, 3.05) is 0 Å². The van der Waals surface area contributed by atoms with Crippen molar-refractivity contribution >= 4 is 17.5 Å². The standard InChI is InChI=1S/C16H17ClN2O2/c1-11-8-14(6-7-15(11)17)21-10-13-5-3-2-4-12(13)9-16(20)19-18/h2-8H,9-10,18H2,1H3,(H,19,20). The maximum Gasteiger partial charge on any atom is 0.238 e. The molecule has 0 aliphatic heterocycles. The summed E-state index contributed by atoms with van der Waals surface area (Å²) in [4.78, 5) is 11.4. The first-order valence-corrected chi connectivity index (χ1v) is 6.93. The molecule has 0 fully saturated rings. The number of nitrogens with two attached hydrogens (primary N) is 1. The molecule has 2 aromatic carbocycles. The number of aryl methyl sites for hydroxylation is 1. The maximum absolute atomic E-state index is 11.4. The molecule has 0 aliphatic rings. The predicted molar refractivity (Wildman–Crippen MR) is 83.0 cm³/mol. The van der Waals surface area contributed by atoms with Crippen molar-refractivity contribution in [1.29, 1.82) is 0 Å². The molecule has 2 rings (SSSR count). The zero-order valence-corrected chi connectivity index (χ0v) is 12.5. The number of carbonyl (C=O) groups excluding carboxylic acids is 1. The van der Waals surface area contributed by atoms with E-state index < -0.39 is 0 Å². The SMILES string of the molecule is Cc1cc(OCc2ccccc2CC(=O)NN)ccc1Cl. The van der Waals surface area contributed by atoms with Crippen LogP contribution in [-0.2, 0) is 17.8 Å². The fourth-order valence-corrected chi connectivity index (χ4v) is 2.08. The molecule has 0 unspecified atom stereocenters. The Morgan fingerprint density at radius 1 is 1.24 bits per heavy atom. The van der Waals surface area contributed by atoms with E-state index in [1.54, 1.807) is 6.07 Å². The van der Waals surface area contributed by atoms with Gasteiger partial charge in [0.15, 0.2) is 0 Å². The van der Waals surface area contributed by atoms with Crippen LogP contribution in [0.25, 0.3) is 0 Å². The third-order valence-corrected chi connectivity index (χ3v) is 3.58. The number of nitrogens with one attached hydrogen (secondary N) is 1. The van der Waals surface area contributed by atoms with E-state index in [-0.39, 0.29) is 12.3 Å². The number of halogens is 1. The predicted octanol–water partition coefficient (Wildman–Crippen LogP) is 2.76. The lowest BCUT2D eigenvalue weighted by atomic mass is 10.1. The molecule has 1 amide bonds. The Labute approximate surface area is 128 Å². The quantitative estimate of drug-likeness (QED) is 0.507. The van der Waals surface area contributed by atoms with E-state index in [1.807, 2.05) is 43.3 Å². The molecule has 110 valence electrons. The number of rotatable bonds is 5. The summed E-state index contributed by atoms with van der Waals surface area (Å²) in [5.41, 5.74) is 4.94. The van der Waals surface area contributed by atoms with Gasteiger partial charge in [0.25, 0.3) is 0 Å². The smallest absolute Gasteiger partial charge is 0.238 e. The molecule has 21 heavy (non-hydrogen) atoms. The summed E-state index contributed by atoms with van der Waals surface area (Å²) < 4.78 is 5.76. The van der Waals surface area contributed by atoms with E-state index in [1.165, 1.54) is 0 Å². The van der Waals surface area contributed by atoms with E-state index in [0.717, 1.165) is 22.4 Å². The van der Waals surface area contributed by atoms with Gasteiger partial charge in [0, 0.05) is 5.02 Å². The molecule has 0 bridgehead atoms. The summed E-state index contributed by atoms with van der Waals surface area (Å²) in [5.74, 6) is 5.64. The van der Waals surface area contributed by atoms with Gasteiger partial charge < -0.3 is 4.74 Å². The van der Waals surface area contributed by atoms with Gasteiger partial charge in [-0.2, -0.15) is 0 Å². The number of ether oxygens (including phenoxy) is 1. The average Bonchev–Trinajstić information content (AvgIpc) is 2.49. The second-order valence-corrected chi connectivity index (χ2v) is 5.12. The van der Waals surface area contributed by atoms with Gasteiger partial charge in [-0.3, -0.25) is 10.2 Å². The van der Waals surface area contributed by atoms with Crippen LogP contribution >= 0.6 is 11.6 Å². The lowest BCUT2D eigenvalue weighted by Gasteiger charge is -2.11. The topological polar surface area (TPSA) is 64.3 Å². The highest BCUT2D eigenvalue weighted by molar-refractivity contribution is 6.31. The van der Waals surface area contributed by atoms with Crippen LogP contribution in [0, 0.1) is 6.92 Å². The largest absolute Gasteiger partial charge is 0.489 e. The molecular formula is C16H17ClN2O2. The molecule has 3 N–H and O–H groups in total. The van der Waals surface area contributed by atoms with Crippen LogP contribution in [0.4, 0.5) is 0 Å². The minimum atomic E-state index is -0.232. The Kier molecular flexibility index (Phi) is 5.20. The normalized spacial score (nSPS) is 10.2. The average molecular weight is 305 g/mol. The molecule has 0 aromatic heterocycles. The van der Waals surface area contributed by atoms with Crippen molar-refractivity contribution in [2.45, 2.75) is 20.0 Å². The van der Waals surface area contributed by atoms with Gasteiger partial charge in [-0.1, -0.05) is 35.9 Å². The molecule has 2 aromatic rings. The summed E-state index contributed by atoms with van der Waals surface area (Å²) in [6.45, 7) is 2.31. The van der Waals surface area contributed by atoms with Gasteiger partial charge in [-0.15, -0.1) is 0 Å². The molecule has 0 saturated carbocycles. The van der Waals surface area contributed by atoms with Crippen molar-refractivity contribution in [3.8, 4) is 5.75 Å². The van der Waals surface area contributed by atoms with Crippen molar-refractivity contribution < 1.29 is 9.53 Å². The first-order valence-electron chi connectivity index (χ1n) is 6.55. The Bertz CT molecular complexity index is 644. The molecule has 0 spiro atoms. The summed E-state index contributed by atoms with van der Waals surface area (Å²) in [6, 6.07) is 13.1. The Morgan fingerprint density at radius 3 is 2.62 bits per heavy atom. The van der Waals surface area contributed by atoms with E-state index in [2.05, 4.69) is 5.43 Å². The molecule has 0 atom stereocenters. The van der Waals surface area contributed by atoms with Crippen molar-refractivity contribution in [1.82, 2.24) is 5.43 Å². The van der Waals surface area contributed by atoms with Crippen LogP contribution in [0.15, 0.2) is 42.5 Å². The van der Waals surface area contributed by atoms with E-state index in [9.17, 15) is 4.79 Å². The van der Waals surface area contributed by atoms with Crippen molar-refractivity contribution in [3.05, 3.63) is 64.2 Å². The number of benzene rings is 2. The lowest BCUT2D eigenvalue weighted by molar-refractivity contribution is -0.120. The second-order valence-electron chi connectivity index (χ2n) is 4.71.